The van der Waals surface area contributed by atoms with Crippen LogP contribution in [0.4, 0.5) is 5.69 Å². The molecular weight excluding hydrogens is 318 g/mol. The van der Waals surface area contributed by atoms with Crippen LogP contribution in [0.2, 0.25) is 0 Å². The number of carbonyl (C=O) groups excluding carboxylic acids is 1. The van der Waals surface area contributed by atoms with E-state index in [9.17, 15) is 4.79 Å². The molecule has 0 saturated carbocycles. The van der Waals surface area contributed by atoms with E-state index in [1.165, 1.54) is 33.0 Å². The van der Waals surface area contributed by atoms with E-state index >= 15 is 0 Å². The third-order valence-corrected chi connectivity index (χ3v) is 3.82. The van der Waals surface area contributed by atoms with E-state index in [1.807, 2.05) is 18.2 Å². The highest BCUT2D eigenvalue weighted by Gasteiger charge is 2.15. The SMILES string of the molecule is CCc1ccccc1N/C=C/C(=O)c1cc(OC)c(OC)c(OC)c1. The predicted octanol–water partition coefficient (Wildman–Crippen LogP) is 4.08. The van der Waals surface area contributed by atoms with Gasteiger partial charge in [0, 0.05) is 23.5 Å². The minimum Gasteiger partial charge on any atom is -0.493 e. The Morgan fingerprint density at radius 1 is 1.04 bits per heavy atom. The number of ether oxygens (including phenoxy) is 3. The Morgan fingerprint density at radius 2 is 1.68 bits per heavy atom. The van der Waals surface area contributed by atoms with Gasteiger partial charge in [0.1, 0.15) is 0 Å². The van der Waals surface area contributed by atoms with E-state index in [2.05, 4.69) is 18.3 Å². The molecule has 0 spiro atoms. The van der Waals surface area contributed by atoms with Crippen LogP contribution in [-0.2, 0) is 6.42 Å². The van der Waals surface area contributed by atoms with Crippen LogP contribution in [0.1, 0.15) is 22.8 Å². The molecule has 25 heavy (non-hydrogen) atoms. The number of aryl methyl sites for hydroxylation is 1. The number of para-hydroxylation sites is 1. The summed E-state index contributed by atoms with van der Waals surface area (Å²) in [5, 5.41) is 3.16. The van der Waals surface area contributed by atoms with Gasteiger partial charge in [-0.2, -0.15) is 0 Å². The first kappa shape index (κ1) is 18.4. The molecule has 0 heterocycles. The Bertz CT molecular complexity index is 743. The van der Waals surface area contributed by atoms with Gasteiger partial charge in [-0.05, 0) is 30.2 Å². The van der Waals surface area contributed by atoms with Gasteiger partial charge in [-0.3, -0.25) is 4.79 Å². The molecule has 0 aliphatic carbocycles. The van der Waals surface area contributed by atoms with Gasteiger partial charge < -0.3 is 19.5 Å². The monoisotopic (exact) mass is 341 g/mol. The summed E-state index contributed by atoms with van der Waals surface area (Å²) in [7, 11) is 4.56. The number of allylic oxidation sites excluding steroid dienone is 1. The summed E-state index contributed by atoms with van der Waals surface area (Å²) < 4.78 is 15.8. The zero-order chi connectivity index (χ0) is 18.2. The normalized spacial score (nSPS) is 10.6. The Morgan fingerprint density at radius 3 is 2.24 bits per heavy atom. The van der Waals surface area contributed by atoms with Crippen LogP contribution >= 0.6 is 0 Å². The summed E-state index contributed by atoms with van der Waals surface area (Å²) in [6.45, 7) is 2.09. The lowest BCUT2D eigenvalue weighted by molar-refractivity contribution is 0.104. The van der Waals surface area contributed by atoms with Crippen molar-refractivity contribution in [2.45, 2.75) is 13.3 Å². The van der Waals surface area contributed by atoms with Crippen molar-refractivity contribution in [3.8, 4) is 17.2 Å². The second-order valence-electron chi connectivity index (χ2n) is 5.27. The average molecular weight is 341 g/mol. The third-order valence-electron chi connectivity index (χ3n) is 3.82. The Hall–Kier alpha value is -2.95. The fourth-order valence-corrected chi connectivity index (χ4v) is 2.50. The highest BCUT2D eigenvalue weighted by atomic mass is 16.5. The molecule has 0 amide bonds. The van der Waals surface area contributed by atoms with Crippen LogP contribution in [0.15, 0.2) is 48.7 Å². The molecule has 0 fully saturated rings. The number of hydrogen-bond acceptors (Lipinski definition) is 5. The lowest BCUT2D eigenvalue weighted by Gasteiger charge is -2.13. The smallest absolute Gasteiger partial charge is 0.203 e. The largest absolute Gasteiger partial charge is 0.493 e. The number of rotatable bonds is 8. The highest BCUT2D eigenvalue weighted by molar-refractivity contribution is 6.05. The molecule has 0 atom stereocenters. The van der Waals surface area contributed by atoms with Crippen LogP contribution in [0, 0.1) is 0 Å². The number of carbonyl (C=O) groups is 1. The molecule has 1 N–H and O–H groups in total. The van der Waals surface area contributed by atoms with Crippen molar-refractivity contribution in [3.05, 3.63) is 59.8 Å². The van der Waals surface area contributed by atoms with Crippen molar-refractivity contribution in [1.82, 2.24) is 0 Å². The molecule has 0 aliphatic rings. The molecule has 132 valence electrons. The summed E-state index contributed by atoms with van der Waals surface area (Å²) in [6, 6.07) is 11.2. The van der Waals surface area contributed by atoms with Crippen molar-refractivity contribution >= 4 is 11.5 Å². The summed E-state index contributed by atoms with van der Waals surface area (Å²) in [5.74, 6) is 1.19. The van der Waals surface area contributed by atoms with Crippen LogP contribution in [0.5, 0.6) is 17.2 Å². The predicted molar refractivity (Wildman–Crippen MR) is 99.0 cm³/mol. The molecule has 0 radical (unpaired) electrons. The first-order valence-electron chi connectivity index (χ1n) is 7.99. The maximum atomic E-state index is 12.4. The molecule has 0 unspecified atom stereocenters. The Labute approximate surface area is 148 Å². The lowest BCUT2D eigenvalue weighted by Crippen LogP contribution is -2.01. The van der Waals surface area contributed by atoms with Gasteiger partial charge in [0.05, 0.1) is 21.3 Å². The van der Waals surface area contributed by atoms with E-state index in [0.717, 1.165) is 12.1 Å². The molecule has 5 nitrogen and oxygen atoms in total. The number of hydrogen-bond donors (Lipinski definition) is 1. The van der Waals surface area contributed by atoms with Gasteiger partial charge in [-0.15, -0.1) is 0 Å². The van der Waals surface area contributed by atoms with Gasteiger partial charge in [-0.25, -0.2) is 0 Å². The molecule has 0 bridgehead atoms. The van der Waals surface area contributed by atoms with E-state index in [1.54, 1.807) is 18.3 Å². The fourth-order valence-electron chi connectivity index (χ4n) is 2.50. The quantitative estimate of drug-likeness (QED) is 0.579. The first-order chi connectivity index (χ1) is 12.1. The minimum absolute atomic E-state index is 0.166. The summed E-state index contributed by atoms with van der Waals surface area (Å²) in [4.78, 5) is 12.4. The van der Waals surface area contributed by atoms with E-state index in [-0.39, 0.29) is 5.78 Å². The number of methoxy groups -OCH3 is 3. The summed E-state index contributed by atoms with van der Waals surface area (Å²) in [5.41, 5.74) is 2.63. The molecule has 0 saturated heterocycles. The minimum atomic E-state index is -0.166. The molecule has 0 aromatic heterocycles. The van der Waals surface area contributed by atoms with Crippen LogP contribution in [0.3, 0.4) is 0 Å². The number of ketones is 1. The average Bonchev–Trinajstić information content (AvgIpc) is 2.66. The van der Waals surface area contributed by atoms with Crippen molar-refractivity contribution in [3.63, 3.8) is 0 Å². The third kappa shape index (κ3) is 4.32. The fraction of sp³-hybridized carbons (Fsp3) is 0.250. The molecule has 5 heteroatoms. The molecular formula is C20H23NO4. The summed E-state index contributed by atoms with van der Waals surface area (Å²) in [6.07, 6.45) is 4.03. The van der Waals surface area contributed by atoms with Gasteiger partial charge in [-0.1, -0.05) is 25.1 Å². The van der Waals surface area contributed by atoms with E-state index < -0.39 is 0 Å². The lowest BCUT2D eigenvalue weighted by atomic mass is 10.1. The topological polar surface area (TPSA) is 56.8 Å². The summed E-state index contributed by atoms with van der Waals surface area (Å²) >= 11 is 0. The van der Waals surface area contributed by atoms with E-state index in [4.69, 9.17) is 14.2 Å². The van der Waals surface area contributed by atoms with Crippen molar-refractivity contribution in [2.75, 3.05) is 26.6 Å². The van der Waals surface area contributed by atoms with Crippen LogP contribution < -0.4 is 19.5 Å². The standard InChI is InChI=1S/C20H23NO4/c1-5-14-8-6-7-9-16(14)21-11-10-17(22)15-12-18(23-2)20(25-4)19(13-15)24-3/h6-13,21H,5H2,1-4H3/b11-10+. The first-order valence-corrected chi connectivity index (χ1v) is 7.99. The van der Waals surface area contributed by atoms with Crippen molar-refractivity contribution < 1.29 is 19.0 Å². The second-order valence-corrected chi connectivity index (χ2v) is 5.27. The molecule has 2 aromatic rings. The molecule has 0 aliphatic heterocycles. The van der Waals surface area contributed by atoms with Gasteiger partial charge in [0.25, 0.3) is 0 Å². The van der Waals surface area contributed by atoms with Crippen LogP contribution in [-0.4, -0.2) is 27.1 Å². The zero-order valence-corrected chi connectivity index (χ0v) is 15.0. The van der Waals surface area contributed by atoms with Crippen molar-refractivity contribution in [1.29, 1.82) is 0 Å². The molecule has 2 aromatic carbocycles. The number of nitrogens with one attached hydrogen (secondary N) is 1. The van der Waals surface area contributed by atoms with Gasteiger partial charge >= 0.3 is 0 Å². The maximum absolute atomic E-state index is 12.4. The Balaban J connectivity index is 2.20. The number of benzene rings is 2. The Kier molecular flexibility index (Phi) is 6.46. The van der Waals surface area contributed by atoms with Gasteiger partial charge in [0.15, 0.2) is 17.3 Å². The maximum Gasteiger partial charge on any atom is 0.203 e. The zero-order valence-electron chi connectivity index (χ0n) is 15.0. The van der Waals surface area contributed by atoms with E-state index in [0.29, 0.717) is 22.8 Å². The van der Waals surface area contributed by atoms with Gasteiger partial charge in [0.2, 0.25) is 5.75 Å². The highest BCUT2D eigenvalue weighted by Crippen LogP contribution is 2.38. The molecule has 2 rings (SSSR count). The number of anilines is 1. The van der Waals surface area contributed by atoms with Crippen LogP contribution in [0.25, 0.3) is 0 Å². The van der Waals surface area contributed by atoms with Crippen molar-refractivity contribution in [2.24, 2.45) is 0 Å². The second kappa shape index (κ2) is 8.78.